The first kappa shape index (κ1) is 13.2. The van der Waals surface area contributed by atoms with E-state index in [0.717, 1.165) is 25.3 Å². The van der Waals surface area contributed by atoms with Crippen molar-refractivity contribution in [2.45, 2.75) is 26.2 Å². The van der Waals surface area contributed by atoms with Gasteiger partial charge in [0, 0.05) is 6.54 Å². The molecule has 0 saturated carbocycles. The van der Waals surface area contributed by atoms with Gasteiger partial charge in [0.25, 0.3) is 0 Å². The molecule has 1 heterocycles. The van der Waals surface area contributed by atoms with Crippen LogP contribution in [-0.2, 0) is 6.42 Å². The number of hydrogen-bond donors (Lipinski definition) is 0. The topological polar surface area (TPSA) is 12.5 Å². The molecule has 1 aromatic rings. The van der Waals surface area contributed by atoms with Crippen LogP contribution < -0.4 is 4.74 Å². The Balaban J connectivity index is 1.88. The number of rotatable bonds is 6. The Morgan fingerprint density at radius 2 is 2.11 bits per heavy atom. The fraction of sp³-hybridized carbons (Fsp3) is 0.500. The zero-order valence-corrected chi connectivity index (χ0v) is 11.3. The number of hydrogen-bond acceptors (Lipinski definition) is 2. The monoisotopic (exact) mass is 245 g/mol. The summed E-state index contributed by atoms with van der Waals surface area (Å²) in [5.74, 6) is 1.01. The first-order chi connectivity index (χ1) is 8.79. The number of allylic oxidation sites excluding steroid dienone is 1. The van der Waals surface area contributed by atoms with Crippen LogP contribution in [0.1, 0.15) is 24.0 Å². The Bertz CT molecular complexity index is 394. The molecule has 2 heteroatoms. The lowest BCUT2D eigenvalue weighted by Gasteiger charge is -2.16. The second kappa shape index (κ2) is 6.60. The van der Waals surface area contributed by atoms with E-state index in [4.69, 9.17) is 4.74 Å². The van der Waals surface area contributed by atoms with Crippen molar-refractivity contribution in [3.05, 3.63) is 42.0 Å². The maximum atomic E-state index is 5.92. The molecule has 2 nitrogen and oxygen atoms in total. The Morgan fingerprint density at radius 3 is 2.83 bits per heavy atom. The molecule has 0 atom stereocenters. The number of nitrogens with zero attached hydrogens (tertiary/aromatic N) is 1. The molecule has 0 N–H and O–H groups in total. The van der Waals surface area contributed by atoms with Gasteiger partial charge in [0.2, 0.25) is 0 Å². The average molecular weight is 245 g/mol. The Kier molecular flexibility index (Phi) is 4.82. The molecule has 0 unspecified atom stereocenters. The molecule has 1 saturated heterocycles. The minimum Gasteiger partial charge on any atom is -0.492 e. The zero-order chi connectivity index (χ0) is 12.8. The van der Waals surface area contributed by atoms with Crippen LogP contribution in [0, 0.1) is 6.92 Å². The molecule has 0 bridgehead atoms. The second-order valence-electron chi connectivity index (χ2n) is 5.00. The van der Waals surface area contributed by atoms with E-state index in [2.05, 4.69) is 36.6 Å². The van der Waals surface area contributed by atoms with Gasteiger partial charge >= 0.3 is 0 Å². The maximum Gasteiger partial charge on any atom is 0.122 e. The molecule has 98 valence electrons. The van der Waals surface area contributed by atoms with Gasteiger partial charge in [-0.2, -0.15) is 0 Å². The van der Waals surface area contributed by atoms with Gasteiger partial charge in [-0.15, -0.1) is 6.58 Å². The van der Waals surface area contributed by atoms with Crippen molar-refractivity contribution in [3.8, 4) is 5.75 Å². The second-order valence-corrected chi connectivity index (χ2v) is 5.00. The molecule has 0 spiro atoms. The van der Waals surface area contributed by atoms with E-state index in [9.17, 15) is 0 Å². The lowest BCUT2D eigenvalue weighted by atomic mass is 10.1. The first-order valence-corrected chi connectivity index (χ1v) is 6.85. The average Bonchev–Trinajstić information content (AvgIpc) is 2.85. The molecule has 0 aromatic heterocycles. The minimum atomic E-state index is 0.785. The van der Waals surface area contributed by atoms with Gasteiger partial charge in [0.1, 0.15) is 12.4 Å². The highest BCUT2D eigenvalue weighted by atomic mass is 16.5. The highest BCUT2D eigenvalue weighted by Crippen LogP contribution is 2.21. The van der Waals surface area contributed by atoms with Crippen LogP contribution in [0.15, 0.2) is 30.9 Å². The summed E-state index contributed by atoms with van der Waals surface area (Å²) < 4.78 is 5.92. The molecular formula is C16H23NO. The third-order valence-corrected chi connectivity index (χ3v) is 3.44. The predicted molar refractivity (Wildman–Crippen MR) is 76.2 cm³/mol. The fourth-order valence-corrected chi connectivity index (χ4v) is 2.45. The van der Waals surface area contributed by atoms with Crippen LogP contribution in [0.5, 0.6) is 5.75 Å². The van der Waals surface area contributed by atoms with Gasteiger partial charge in [-0.3, -0.25) is 4.90 Å². The van der Waals surface area contributed by atoms with Gasteiger partial charge < -0.3 is 4.74 Å². The van der Waals surface area contributed by atoms with Crippen LogP contribution in [0.4, 0.5) is 0 Å². The minimum absolute atomic E-state index is 0.785. The number of likely N-dealkylation sites (tertiary alicyclic amines) is 1. The molecule has 2 rings (SSSR count). The summed E-state index contributed by atoms with van der Waals surface area (Å²) in [6, 6.07) is 6.38. The first-order valence-electron chi connectivity index (χ1n) is 6.85. The molecule has 1 aliphatic rings. The van der Waals surface area contributed by atoms with Crippen molar-refractivity contribution >= 4 is 0 Å². The maximum absolute atomic E-state index is 5.92. The summed E-state index contributed by atoms with van der Waals surface area (Å²) in [4.78, 5) is 2.47. The summed E-state index contributed by atoms with van der Waals surface area (Å²) in [6.07, 6.45) is 5.49. The van der Waals surface area contributed by atoms with Crippen LogP contribution >= 0.6 is 0 Å². The molecule has 18 heavy (non-hydrogen) atoms. The molecule has 1 aromatic carbocycles. The third-order valence-electron chi connectivity index (χ3n) is 3.44. The van der Waals surface area contributed by atoms with Gasteiger partial charge in [0.15, 0.2) is 0 Å². The Morgan fingerprint density at radius 1 is 1.33 bits per heavy atom. The van der Waals surface area contributed by atoms with Crippen molar-refractivity contribution in [1.29, 1.82) is 0 Å². The fourth-order valence-electron chi connectivity index (χ4n) is 2.45. The van der Waals surface area contributed by atoms with E-state index >= 15 is 0 Å². The van der Waals surface area contributed by atoms with Gasteiger partial charge in [-0.1, -0.05) is 23.8 Å². The SMILES string of the molecule is C=CCc1cc(C)ccc1OCCN1CCCC1. The lowest BCUT2D eigenvalue weighted by molar-refractivity contribution is 0.236. The van der Waals surface area contributed by atoms with E-state index in [1.807, 2.05) is 6.08 Å². The van der Waals surface area contributed by atoms with Crippen molar-refractivity contribution in [2.75, 3.05) is 26.2 Å². The normalized spacial score (nSPS) is 15.8. The van der Waals surface area contributed by atoms with Crippen LogP contribution in [0.25, 0.3) is 0 Å². The number of ether oxygens (including phenoxy) is 1. The van der Waals surface area contributed by atoms with Gasteiger partial charge in [0.05, 0.1) is 0 Å². The van der Waals surface area contributed by atoms with E-state index < -0.39 is 0 Å². The quantitative estimate of drug-likeness (QED) is 0.714. The van der Waals surface area contributed by atoms with Crippen molar-refractivity contribution < 1.29 is 4.74 Å². The van der Waals surface area contributed by atoms with Gasteiger partial charge in [-0.25, -0.2) is 0 Å². The molecular weight excluding hydrogens is 222 g/mol. The summed E-state index contributed by atoms with van der Waals surface area (Å²) in [7, 11) is 0. The Hall–Kier alpha value is -1.28. The van der Waals surface area contributed by atoms with E-state index in [1.165, 1.54) is 37.1 Å². The van der Waals surface area contributed by atoms with E-state index in [0.29, 0.717) is 0 Å². The van der Waals surface area contributed by atoms with Crippen LogP contribution in [-0.4, -0.2) is 31.1 Å². The Labute approximate surface area is 110 Å². The summed E-state index contributed by atoms with van der Waals surface area (Å²) in [5, 5.41) is 0. The van der Waals surface area contributed by atoms with Crippen molar-refractivity contribution in [2.24, 2.45) is 0 Å². The molecule has 0 aliphatic carbocycles. The van der Waals surface area contributed by atoms with Crippen molar-refractivity contribution in [1.82, 2.24) is 4.90 Å². The molecule has 0 radical (unpaired) electrons. The van der Waals surface area contributed by atoms with Gasteiger partial charge in [-0.05, 0) is 50.9 Å². The smallest absolute Gasteiger partial charge is 0.122 e. The number of benzene rings is 1. The summed E-state index contributed by atoms with van der Waals surface area (Å²) in [6.45, 7) is 10.2. The van der Waals surface area contributed by atoms with E-state index in [1.54, 1.807) is 0 Å². The predicted octanol–water partition coefficient (Wildman–Crippen LogP) is 3.20. The lowest BCUT2D eigenvalue weighted by Crippen LogP contribution is -2.25. The van der Waals surface area contributed by atoms with Crippen LogP contribution in [0.2, 0.25) is 0 Å². The zero-order valence-electron chi connectivity index (χ0n) is 11.3. The summed E-state index contributed by atoms with van der Waals surface area (Å²) >= 11 is 0. The van der Waals surface area contributed by atoms with Crippen molar-refractivity contribution in [3.63, 3.8) is 0 Å². The summed E-state index contributed by atoms with van der Waals surface area (Å²) in [5.41, 5.74) is 2.52. The standard InChI is InChI=1S/C16H23NO/c1-3-6-15-13-14(2)7-8-16(15)18-12-11-17-9-4-5-10-17/h3,7-8,13H,1,4-6,9-12H2,2H3. The van der Waals surface area contributed by atoms with E-state index in [-0.39, 0.29) is 0 Å². The highest BCUT2D eigenvalue weighted by Gasteiger charge is 2.11. The third kappa shape index (κ3) is 3.61. The molecule has 0 amide bonds. The highest BCUT2D eigenvalue weighted by molar-refractivity contribution is 5.38. The molecule has 1 aliphatic heterocycles. The largest absolute Gasteiger partial charge is 0.492 e. The molecule has 1 fully saturated rings. The van der Waals surface area contributed by atoms with Crippen LogP contribution in [0.3, 0.4) is 0 Å². The number of aryl methyl sites for hydroxylation is 1.